The Morgan fingerprint density at radius 1 is 1.32 bits per heavy atom. The van der Waals surface area contributed by atoms with Gasteiger partial charge in [0.2, 0.25) is 0 Å². The third-order valence-electron chi connectivity index (χ3n) is 3.79. The molecule has 1 aromatic carbocycles. The Morgan fingerprint density at radius 3 is 2.58 bits per heavy atom. The number of benzene rings is 1. The Morgan fingerprint density at radius 2 is 2.00 bits per heavy atom. The van der Waals surface area contributed by atoms with Crippen LogP contribution >= 0.6 is 11.6 Å². The first-order valence-corrected chi connectivity index (χ1v) is 6.82. The predicted molar refractivity (Wildman–Crippen MR) is 73.1 cm³/mol. The van der Waals surface area contributed by atoms with Crippen LogP contribution in [0.25, 0.3) is 0 Å². The van der Waals surface area contributed by atoms with Crippen molar-refractivity contribution in [1.29, 1.82) is 0 Å². The van der Waals surface area contributed by atoms with E-state index in [1.54, 1.807) is 12.1 Å². The van der Waals surface area contributed by atoms with Crippen molar-refractivity contribution >= 4 is 23.4 Å². The van der Waals surface area contributed by atoms with Gasteiger partial charge in [-0.05, 0) is 37.0 Å². The van der Waals surface area contributed by atoms with Gasteiger partial charge in [-0.2, -0.15) is 0 Å². The number of hydrogen-bond acceptors (Lipinski definition) is 3. The van der Waals surface area contributed by atoms with E-state index in [2.05, 4.69) is 0 Å². The molecule has 1 fully saturated rings. The average Bonchev–Trinajstić information content (AvgIpc) is 2.43. The zero-order valence-corrected chi connectivity index (χ0v) is 11.7. The average molecular weight is 281 g/mol. The summed E-state index contributed by atoms with van der Waals surface area (Å²) in [5, 5.41) is 0.644. The first-order chi connectivity index (χ1) is 9.08. The van der Waals surface area contributed by atoms with E-state index in [1.807, 2.05) is 12.1 Å². The molecule has 0 amide bonds. The molecule has 0 aliphatic heterocycles. The largest absolute Gasteiger partial charge is 0.468 e. The van der Waals surface area contributed by atoms with Gasteiger partial charge >= 0.3 is 5.97 Å². The van der Waals surface area contributed by atoms with Gasteiger partial charge in [0.15, 0.2) is 5.78 Å². The number of esters is 1. The minimum absolute atomic E-state index is 0.000509. The third kappa shape index (κ3) is 2.81. The SMILES string of the molecule is COC(=O)C1(Cc2ccc(Cl)cc2)CCCCC1=O. The zero-order valence-electron chi connectivity index (χ0n) is 10.9. The van der Waals surface area contributed by atoms with Crippen molar-refractivity contribution in [1.82, 2.24) is 0 Å². The lowest BCUT2D eigenvalue weighted by Gasteiger charge is -2.33. The summed E-state index contributed by atoms with van der Waals surface area (Å²) in [5.41, 5.74) is -0.0639. The molecule has 0 spiro atoms. The highest BCUT2D eigenvalue weighted by Gasteiger charge is 2.47. The number of carbonyl (C=O) groups excluding carboxylic acids is 2. The normalized spacial score (nSPS) is 23.2. The van der Waals surface area contributed by atoms with E-state index in [9.17, 15) is 9.59 Å². The van der Waals surface area contributed by atoms with Crippen molar-refractivity contribution in [3.8, 4) is 0 Å². The summed E-state index contributed by atoms with van der Waals surface area (Å²) in [4.78, 5) is 24.4. The fourth-order valence-electron chi connectivity index (χ4n) is 2.71. The van der Waals surface area contributed by atoms with Crippen molar-refractivity contribution in [3.05, 3.63) is 34.9 Å². The Hall–Kier alpha value is -1.35. The van der Waals surface area contributed by atoms with Crippen LogP contribution in [0.1, 0.15) is 31.2 Å². The smallest absolute Gasteiger partial charge is 0.319 e. The molecular formula is C15H17ClO3. The van der Waals surface area contributed by atoms with E-state index < -0.39 is 11.4 Å². The Labute approximate surface area is 117 Å². The molecule has 1 aliphatic rings. The zero-order chi connectivity index (χ0) is 13.9. The van der Waals surface area contributed by atoms with Crippen molar-refractivity contribution in [2.75, 3.05) is 7.11 Å². The lowest BCUT2D eigenvalue weighted by atomic mass is 9.69. The molecule has 4 heteroatoms. The molecule has 19 heavy (non-hydrogen) atoms. The van der Waals surface area contributed by atoms with Gasteiger partial charge in [-0.3, -0.25) is 9.59 Å². The van der Waals surface area contributed by atoms with Crippen LogP contribution in [0.4, 0.5) is 0 Å². The van der Waals surface area contributed by atoms with Crippen LogP contribution in [0, 0.1) is 5.41 Å². The van der Waals surface area contributed by atoms with E-state index >= 15 is 0 Å². The van der Waals surface area contributed by atoms with Crippen LogP contribution in [0.5, 0.6) is 0 Å². The molecule has 1 aromatic rings. The van der Waals surface area contributed by atoms with Crippen molar-refractivity contribution in [3.63, 3.8) is 0 Å². The first kappa shape index (κ1) is 14.1. The van der Waals surface area contributed by atoms with Gasteiger partial charge in [0.05, 0.1) is 7.11 Å². The second-order valence-corrected chi connectivity index (χ2v) is 5.44. The number of ketones is 1. The molecule has 0 saturated heterocycles. The molecule has 0 bridgehead atoms. The molecule has 1 saturated carbocycles. The van der Waals surface area contributed by atoms with Crippen molar-refractivity contribution < 1.29 is 14.3 Å². The number of methoxy groups -OCH3 is 1. The minimum Gasteiger partial charge on any atom is -0.468 e. The third-order valence-corrected chi connectivity index (χ3v) is 4.04. The van der Waals surface area contributed by atoms with Crippen molar-refractivity contribution in [2.24, 2.45) is 5.41 Å². The lowest BCUT2D eigenvalue weighted by molar-refractivity contribution is -0.160. The van der Waals surface area contributed by atoms with E-state index in [-0.39, 0.29) is 5.78 Å². The number of ether oxygens (including phenoxy) is 1. The number of hydrogen-bond donors (Lipinski definition) is 0. The topological polar surface area (TPSA) is 43.4 Å². The monoisotopic (exact) mass is 280 g/mol. The van der Waals surface area contributed by atoms with Crippen LogP contribution < -0.4 is 0 Å². The van der Waals surface area contributed by atoms with Crippen molar-refractivity contribution in [2.45, 2.75) is 32.1 Å². The number of rotatable bonds is 3. The molecule has 0 heterocycles. The van der Waals surface area contributed by atoms with E-state index in [4.69, 9.17) is 16.3 Å². The van der Waals surface area contributed by atoms with Gasteiger partial charge in [-0.15, -0.1) is 0 Å². The molecule has 3 nitrogen and oxygen atoms in total. The summed E-state index contributed by atoms with van der Waals surface area (Å²) in [5.74, 6) is -0.410. The van der Waals surface area contributed by atoms with Crippen LogP contribution in [-0.4, -0.2) is 18.9 Å². The van der Waals surface area contributed by atoms with Gasteiger partial charge in [-0.1, -0.05) is 30.2 Å². The second kappa shape index (κ2) is 5.74. The molecule has 0 N–H and O–H groups in total. The highest BCUT2D eigenvalue weighted by atomic mass is 35.5. The lowest BCUT2D eigenvalue weighted by Crippen LogP contribution is -2.44. The van der Waals surface area contributed by atoms with E-state index in [0.29, 0.717) is 24.3 Å². The summed E-state index contributed by atoms with van der Waals surface area (Å²) >= 11 is 5.85. The predicted octanol–water partition coefficient (Wildman–Crippen LogP) is 3.19. The summed E-state index contributed by atoms with van der Waals surface area (Å²) in [7, 11) is 1.34. The minimum atomic E-state index is -0.999. The van der Waals surface area contributed by atoms with E-state index in [1.165, 1.54) is 7.11 Å². The Kier molecular flexibility index (Phi) is 4.25. The maximum Gasteiger partial charge on any atom is 0.319 e. The first-order valence-electron chi connectivity index (χ1n) is 6.45. The molecule has 0 radical (unpaired) electrons. The molecule has 1 unspecified atom stereocenters. The van der Waals surface area contributed by atoms with Gasteiger partial charge in [0.1, 0.15) is 5.41 Å². The molecule has 102 valence electrons. The standard InChI is InChI=1S/C15H17ClO3/c1-19-14(18)15(9-3-2-4-13(15)17)10-11-5-7-12(16)8-6-11/h5-8H,2-4,9-10H2,1H3. The summed E-state index contributed by atoms with van der Waals surface area (Å²) in [6.45, 7) is 0. The summed E-state index contributed by atoms with van der Waals surface area (Å²) in [6, 6.07) is 7.26. The number of Topliss-reactive ketones (excluding diaryl/α,β-unsaturated/α-hetero) is 1. The molecule has 1 aliphatic carbocycles. The molecular weight excluding hydrogens is 264 g/mol. The van der Waals surface area contributed by atoms with Gasteiger partial charge in [0, 0.05) is 11.4 Å². The maximum absolute atomic E-state index is 12.3. The molecule has 0 aromatic heterocycles. The highest BCUT2D eigenvalue weighted by molar-refractivity contribution is 6.30. The van der Waals surface area contributed by atoms with Crippen LogP contribution in [0.15, 0.2) is 24.3 Å². The van der Waals surface area contributed by atoms with Crippen LogP contribution in [0.2, 0.25) is 5.02 Å². The second-order valence-electron chi connectivity index (χ2n) is 5.01. The highest BCUT2D eigenvalue weighted by Crippen LogP contribution is 2.37. The van der Waals surface area contributed by atoms with Crippen LogP contribution in [0.3, 0.4) is 0 Å². The summed E-state index contributed by atoms with van der Waals surface area (Å²) < 4.78 is 4.87. The van der Waals surface area contributed by atoms with Gasteiger partial charge in [-0.25, -0.2) is 0 Å². The number of halogens is 1. The Bertz CT molecular complexity index is 471. The molecule has 1 atom stereocenters. The molecule has 2 rings (SSSR count). The van der Waals surface area contributed by atoms with Gasteiger partial charge in [0.25, 0.3) is 0 Å². The number of carbonyl (C=O) groups is 2. The quantitative estimate of drug-likeness (QED) is 0.631. The van der Waals surface area contributed by atoms with Crippen LogP contribution in [-0.2, 0) is 20.7 Å². The summed E-state index contributed by atoms with van der Waals surface area (Å²) in [6.07, 6.45) is 3.17. The van der Waals surface area contributed by atoms with E-state index in [0.717, 1.165) is 18.4 Å². The fourth-order valence-corrected chi connectivity index (χ4v) is 2.84. The maximum atomic E-state index is 12.3. The van der Waals surface area contributed by atoms with Gasteiger partial charge < -0.3 is 4.74 Å². The fraction of sp³-hybridized carbons (Fsp3) is 0.467. The Balaban J connectivity index is 2.30.